The average Bonchev–Trinajstić information content (AvgIpc) is 2.34. The van der Waals surface area contributed by atoms with Crippen molar-refractivity contribution >= 4 is 10.4 Å². The molecule has 0 rings (SSSR count). The highest BCUT2D eigenvalue weighted by molar-refractivity contribution is 7.81. The van der Waals surface area contributed by atoms with Crippen molar-refractivity contribution in [1.82, 2.24) is 0 Å². The normalized spacial score (nSPS) is 11.9. The van der Waals surface area contributed by atoms with Gasteiger partial charge in [0.2, 0.25) is 0 Å². The minimum atomic E-state index is -4.06. The highest BCUT2D eigenvalue weighted by Crippen LogP contribution is 2.04. The Morgan fingerprint density at radius 1 is 0.889 bits per heavy atom. The Labute approximate surface area is 110 Å². The number of hydrogen-bond donors (Lipinski definition) is 0. The molecule has 7 heteroatoms. The maximum Gasteiger partial charge on any atom is 0.426 e. The van der Waals surface area contributed by atoms with Gasteiger partial charge in [0, 0.05) is 6.61 Å². The van der Waals surface area contributed by atoms with Crippen LogP contribution in [0.2, 0.25) is 0 Å². The van der Waals surface area contributed by atoms with Gasteiger partial charge in [0.1, 0.15) is 0 Å². The van der Waals surface area contributed by atoms with Crippen LogP contribution in [0.5, 0.6) is 0 Å². The second kappa shape index (κ2) is 11.9. The summed E-state index contributed by atoms with van der Waals surface area (Å²) in [5.74, 6) is 0. The highest BCUT2D eigenvalue weighted by Gasteiger charge is 2.12. The minimum Gasteiger partial charge on any atom is -0.379 e. The summed E-state index contributed by atoms with van der Waals surface area (Å²) < 4.78 is 35.8. The lowest BCUT2D eigenvalue weighted by Crippen LogP contribution is -2.14. The van der Waals surface area contributed by atoms with E-state index >= 15 is 0 Å². The molecule has 18 heavy (non-hydrogen) atoms. The van der Waals surface area contributed by atoms with Crippen LogP contribution in [-0.4, -0.2) is 34.8 Å². The van der Waals surface area contributed by atoms with Gasteiger partial charge in [-0.25, -0.2) is 9.07 Å². The number of hydrogen-bond acceptors (Lipinski definition) is 6. The molecule has 0 heterocycles. The van der Waals surface area contributed by atoms with E-state index in [4.69, 9.17) is 4.74 Å². The predicted molar refractivity (Wildman–Crippen MR) is 67.2 cm³/mol. The van der Waals surface area contributed by atoms with Gasteiger partial charge in [-0.15, -0.1) is 0 Å². The first-order valence-corrected chi connectivity index (χ1v) is 7.74. The van der Waals surface area contributed by atoms with E-state index in [1.807, 2.05) is 6.92 Å². The molecule has 0 unspecified atom stereocenters. The fourth-order valence-corrected chi connectivity index (χ4v) is 1.71. The summed E-state index contributed by atoms with van der Waals surface area (Å²) in [6.07, 6.45) is 5.24. The molecule has 0 amide bonds. The summed E-state index contributed by atoms with van der Waals surface area (Å²) in [4.78, 5) is 4.58. The van der Waals surface area contributed by atoms with Crippen LogP contribution in [0.3, 0.4) is 0 Å². The molecule has 0 spiro atoms. The van der Waals surface area contributed by atoms with Crippen LogP contribution >= 0.6 is 0 Å². The third-order valence-corrected chi connectivity index (χ3v) is 2.84. The van der Waals surface area contributed by atoms with Crippen LogP contribution in [0, 0.1) is 0 Å². The summed E-state index contributed by atoms with van der Waals surface area (Å²) >= 11 is 0. The van der Waals surface area contributed by atoms with Gasteiger partial charge < -0.3 is 4.74 Å². The van der Waals surface area contributed by atoms with Gasteiger partial charge in [-0.2, -0.15) is 8.42 Å². The van der Waals surface area contributed by atoms with E-state index in [1.165, 1.54) is 12.8 Å². The summed E-state index contributed by atoms with van der Waals surface area (Å²) in [7, 11) is -4.06. The molecule has 0 aliphatic rings. The molecule has 0 radical (unpaired) electrons. The third-order valence-electron chi connectivity index (χ3n) is 2.12. The van der Waals surface area contributed by atoms with E-state index in [2.05, 4.69) is 20.3 Å². The highest BCUT2D eigenvalue weighted by atomic mass is 32.3. The maximum atomic E-state index is 11.1. The molecule has 0 aromatic heterocycles. The van der Waals surface area contributed by atoms with Crippen molar-refractivity contribution in [2.75, 3.05) is 26.4 Å². The fourth-order valence-electron chi connectivity index (χ4n) is 1.22. The minimum absolute atomic E-state index is 0.0734. The Morgan fingerprint density at radius 3 is 2.28 bits per heavy atom. The van der Waals surface area contributed by atoms with Crippen LogP contribution in [-0.2, 0) is 28.5 Å². The van der Waals surface area contributed by atoms with E-state index < -0.39 is 10.4 Å². The second-order valence-corrected chi connectivity index (χ2v) is 4.92. The lowest BCUT2D eigenvalue weighted by Gasteiger charge is -2.05. The van der Waals surface area contributed by atoms with Gasteiger partial charge in [0.05, 0.1) is 19.8 Å². The van der Waals surface area contributed by atoms with Crippen molar-refractivity contribution < 1.29 is 26.6 Å². The van der Waals surface area contributed by atoms with Crippen LogP contribution in [0.15, 0.2) is 0 Å². The molecule has 0 saturated carbocycles. The Bertz CT molecular complexity index is 265. The van der Waals surface area contributed by atoms with Crippen molar-refractivity contribution in [2.45, 2.75) is 46.0 Å². The first-order chi connectivity index (χ1) is 8.62. The Kier molecular flexibility index (Phi) is 11.7. The van der Waals surface area contributed by atoms with Crippen LogP contribution < -0.4 is 0 Å². The Hall–Kier alpha value is -0.210. The number of rotatable bonds is 13. The summed E-state index contributed by atoms with van der Waals surface area (Å²) in [6, 6.07) is 0. The zero-order chi connectivity index (χ0) is 13.7. The molecule has 0 aliphatic carbocycles. The van der Waals surface area contributed by atoms with Crippen molar-refractivity contribution in [1.29, 1.82) is 0 Å². The smallest absolute Gasteiger partial charge is 0.379 e. The lowest BCUT2D eigenvalue weighted by molar-refractivity contribution is -0.210. The van der Waals surface area contributed by atoms with Gasteiger partial charge >= 0.3 is 10.4 Å². The van der Waals surface area contributed by atoms with E-state index in [0.29, 0.717) is 6.61 Å². The maximum absolute atomic E-state index is 11.1. The van der Waals surface area contributed by atoms with Crippen LogP contribution in [0.4, 0.5) is 0 Å². The standard InChI is InChI=1S/C11H24O6S/c1-3-5-6-7-8-9-15-17-18(12,13)16-11-10-14-4-2/h3-11H2,1-2H3. The molecule has 0 bridgehead atoms. The topological polar surface area (TPSA) is 71.1 Å². The van der Waals surface area contributed by atoms with E-state index in [0.717, 1.165) is 19.3 Å². The fraction of sp³-hybridized carbons (Fsp3) is 1.00. The summed E-state index contributed by atoms with van der Waals surface area (Å²) in [5.41, 5.74) is 0. The molecule has 110 valence electrons. The zero-order valence-electron chi connectivity index (χ0n) is 11.2. The monoisotopic (exact) mass is 284 g/mol. The number of unbranched alkanes of at least 4 members (excludes halogenated alkanes) is 4. The van der Waals surface area contributed by atoms with E-state index in [1.54, 1.807) is 0 Å². The van der Waals surface area contributed by atoms with E-state index in [-0.39, 0.29) is 19.8 Å². The Balaban J connectivity index is 3.41. The van der Waals surface area contributed by atoms with Gasteiger partial charge in [-0.1, -0.05) is 36.9 Å². The van der Waals surface area contributed by atoms with Crippen molar-refractivity contribution in [3.05, 3.63) is 0 Å². The third kappa shape index (κ3) is 12.3. The Morgan fingerprint density at radius 2 is 1.61 bits per heavy atom. The molecule has 0 saturated heterocycles. The molecular weight excluding hydrogens is 260 g/mol. The van der Waals surface area contributed by atoms with Gasteiger partial charge in [-0.3, -0.25) is 0 Å². The average molecular weight is 284 g/mol. The number of ether oxygens (including phenoxy) is 1. The summed E-state index contributed by atoms with van der Waals surface area (Å²) in [5, 5.41) is 0. The predicted octanol–water partition coefficient (Wildman–Crippen LogP) is 2.20. The first-order valence-electron chi connectivity index (χ1n) is 6.40. The molecule has 0 fully saturated rings. The summed E-state index contributed by atoms with van der Waals surface area (Å²) in [6.45, 7) is 4.83. The molecular formula is C11H24O6S. The molecule has 0 aliphatic heterocycles. The molecule has 6 nitrogen and oxygen atoms in total. The van der Waals surface area contributed by atoms with Crippen LogP contribution in [0.1, 0.15) is 46.0 Å². The van der Waals surface area contributed by atoms with Gasteiger partial charge in [0.15, 0.2) is 0 Å². The quantitative estimate of drug-likeness (QED) is 0.293. The van der Waals surface area contributed by atoms with E-state index in [9.17, 15) is 8.42 Å². The molecule has 0 aromatic rings. The lowest BCUT2D eigenvalue weighted by atomic mass is 10.2. The van der Waals surface area contributed by atoms with Crippen molar-refractivity contribution in [3.63, 3.8) is 0 Å². The molecule has 0 aromatic carbocycles. The van der Waals surface area contributed by atoms with Gasteiger partial charge in [0.25, 0.3) is 0 Å². The zero-order valence-corrected chi connectivity index (χ0v) is 12.0. The molecule has 0 N–H and O–H groups in total. The SMILES string of the molecule is CCCCCCCOOS(=O)(=O)OCCOCC. The van der Waals surface area contributed by atoms with Crippen molar-refractivity contribution in [2.24, 2.45) is 0 Å². The van der Waals surface area contributed by atoms with Crippen molar-refractivity contribution in [3.8, 4) is 0 Å². The molecule has 0 atom stereocenters. The van der Waals surface area contributed by atoms with Gasteiger partial charge in [-0.05, 0) is 13.3 Å². The largest absolute Gasteiger partial charge is 0.426 e. The first kappa shape index (κ1) is 17.8. The second-order valence-electron chi connectivity index (χ2n) is 3.73. The van der Waals surface area contributed by atoms with Crippen LogP contribution in [0.25, 0.3) is 0 Å².